The first-order valence-corrected chi connectivity index (χ1v) is 5.51. The van der Waals surface area contributed by atoms with E-state index in [9.17, 15) is 0 Å². The van der Waals surface area contributed by atoms with Gasteiger partial charge in [-0.2, -0.15) is 0 Å². The largest absolute Gasteiger partial charge is 0.119 e. The minimum atomic E-state index is 0.0731. The van der Waals surface area contributed by atoms with Crippen molar-refractivity contribution in [2.75, 3.05) is 0 Å². The van der Waals surface area contributed by atoms with Gasteiger partial charge in [0.2, 0.25) is 0 Å². The molecule has 1 heteroatoms. The molecule has 0 aliphatic rings. The third-order valence-electron chi connectivity index (χ3n) is 2.36. The van der Waals surface area contributed by atoms with Crippen LogP contribution in [0.3, 0.4) is 0 Å². The average Bonchev–Trinajstić information content (AvgIpc) is 2.26. The van der Waals surface area contributed by atoms with E-state index in [1.807, 2.05) is 13.0 Å². The topological polar surface area (TPSA) is 0 Å². The summed E-state index contributed by atoms with van der Waals surface area (Å²) in [6, 6.07) is 14.7. The Bertz CT molecular complexity index is 478. The zero-order valence-electron chi connectivity index (χ0n) is 8.65. The van der Waals surface area contributed by atoms with Crippen LogP contribution in [0.2, 0.25) is 0 Å². The molecule has 0 spiro atoms. The standard InChI is InChI=1S/C14H13Cl/c1-11(15)9-10-13-7-4-6-12-5-2-3-8-14(12)13/h2-11H,1H3. The number of halogens is 1. The highest BCUT2D eigenvalue weighted by Crippen LogP contribution is 2.19. The van der Waals surface area contributed by atoms with Crippen molar-refractivity contribution in [2.45, 2.75) is 12.3 Å². The van der Waals surface area contributed by atoms with Crippen LogP contribution in [0.1, 0.15) is 12.5 Å². The molecule has 1 atom stereocenters. The molecule has 2 rings (SSSR count). The molecule has 2 aromatic carbocycles. The Labute approximate surface area is 95.2 Å². The van der Waals surface area contributed by atoms with E-state index in [0.29, 0.717) is 0 Å². The summed E-state index contributed by atoms with van der Waals surface area (Å²) in [4.78, 5) is 0. The molecule has 2 aromatic rings. The van der Waals surface area contributed by atoms with E-state index in [1.54, 1.807) is 0 Å². The van der Waals surface area contributed by atoms with Gasteiger partial charge in [0.25, 0.3) is 0 Å². The summed E-state index contributed by atoms with van der Waals surface area (Å²) in [6.45, 7) is 1.96. The SMILES string of the molecule is CC(Cl)C=Cc1cccc2ccccc12. The minimum Gasteiger partial charge on any atom is -0.119 e. The van der Waals surface area contributed by atoms with Crippen molar-refractivity contribution in [3.05, 3.63) is 54.1 Å². The van der Waals surface area contributed by atoms with Crippen LogP contribution in [-0.2, 0) is 0 Å². The quantitative estimate of drug-likeness (QED) is 0.650. The third-order valence-corrected chi connectivity index (χ3v) is 2.51. The lowest BCUT2D eigenvalue weighted by Gasteiger charge is -2.01. The van der Waals surface area contributed by atoms with Crippen LogP contribution >= 0.6 is 11.6 Å². The van der Waals surface area contributed by atoms with E-state index in [4.69, 9.17) is 11.6 Å². The van der Waals surface area contributed by atoms with Crippen molar-refractivity contribution in [3.63, 3.8) is 0 Å². The lowest BCUT2D eigenvalue weighted by atomic mass is 10.0. The first-order chi connectivity index (χ1) is 7.27. The highest BCUT2D eigenvalue weighted by molar-refractivity contribution is 6.21. The van der Waals surface area contributed by atoms with Crippen LogP contribution in [0.4, 0.5) is 0 Å². The van der Waals surface area contributed by atoms with Gasteiger partial charge >= 0.3 is 0 Å². The molecule has 0 fully saturated rings. The summed E-state index contributed by atoms with van der Waals surface area (Å²) < 4.78 is 0. The molecular weight excluding hydrogens is 204 g/mol. The van der Waals surface area contributed by atoms with Gasteiger partial charge in [0.1, 0.15) is 0 Å². The predicted octanol–water partition coefficient (Wildman–Crippen LogP) is 4.48. The molecule has 0 N–H and O–H groups in total. The molecule has 0 aromatic heterocycles. The summed E-state index contributed by atoms with van der Waals surface area (Å²) in [5.41, 5.74) is 1.22. The van der Waals surface area contributed by atoms with Gasteiger partial charge in [-0.3, -0.25) is 0 Å². The molecule has 76 valence electrons. The third kappa shape index (κ3) is 2.40. The van der Waals surface area contributed by atoms with Gasteiger partial charge in [-0.15, -0.1) is 11.6 Å². The number of fused-ring (bicyclic) bond motifs is 1. The van der Waals surface area contributed by atoms with Gasteiger partial charge in [-0.1, -0.05) is 54.6 Å². The maximum absolute atomic E-state index is 5.89. The van der Waals surface area contributed by atoms with Gasteiger partial charge in [0, 0.05) is 5.38 Å². The summed E-state index contributed by atoms with van der Waals surface area (Å²) in [7, 11) is 0. The highest BCUT2D eigenvalue weighted by Gasteiger charge is 1.96. The molecule has 0 saturated carbocycles. The van der Waals surface area contributed by atoms with Crippen LogP contribution in [0.15, 0.2) is 48.5 Å². The maximum Gasteiger partial charge on any atom is 0.0491 e. The van der Waals surface area contributed by atoms with E-state index >= 15 is 0 Å². The molecule has 0 amide bonds. The lowest BCUT2D eigenvalue weighted by Crippen LogP contribution is -1.82. The van der Waals surface area contributed by atoms with Crippen molar-refractivity contribution < 1.29 is 0 Å². The normalized spacial score (nSPS) is 13.5. The Morgan fingerprint density at radius 2 is 1.80 bits per heavy atom. The molecule has 0 radical (unpaired) electrons. The summed E-state index contributed by atoms with van der Waals surface area (Å²) in [5.74, 6) is 0. The fraction of sp³-hybridized carbons (Fsp3) is 0.143. The van der Waals surface area contributed by atoms with Crippen LogP contribution in [0.25, 0.3) is 16.8 Å². The highest BCUT2D eigenvalue weighted by atomic mass is 35.5. The summed E-state index contributed by atoms with van der Waals surface area (Å²) in [5, 5.41) is 2.61. The molecular formula is C14H13Cl. The molecule has 15 heavy (non-hydrogen) atoms. The van der Waals surface area contributed by atoms with Crippen molar-refractivity contribution in [3.8, 4) is 0 Å². The van der Waals surface area contributed by atoms with E-state index in [-0.39, 0.29) is 5.38 Å². The number of rotatable bonds is 2. The first kappa shape index (κ1) is 10.3. The molecule has 0 aliphatic heterocycles. The second kappa shape index (κ2) is 4.50. The van der Waals surface area contributed by atoms with Crippen LogP contribution in [0, 0.1) is 0 Å². The Morgan fingerprint density at radius 1 is 1.07 bits per heavy atom. The minimum absolute atomic E-state index is 0.0731. The van der Waals surface area contributed by atoms with Crippen LogP contribution < -0.4 is 0 Å². The Morgan fingerprint density at radius 3 is 2.60 bits per heavy atom. The second-order valence-corrected chi connectivity index (χ2v) is 4.29. The van der Waals surface area contributed by atoms with Gasteiger partial charge in [-0.05, 0) is 23.3 Å². The zero-order valence-corrected chi connectivity index (χ0v) is 9.41. The van der Waals surface area contributed by atoms with Gasteiger partial charge < -0.3 is 0 Å². The number of hydrogen-bond donors (Lipinski definition) is 0. The van der Waals surface area contributed by atoms with E-state index in [1.165, 1.54) is 16.3 Å². The zero-order chi connectivity index (χ0) is 10.7. The van der Waals surface area contributed by atoms with Crippen molar-refractivity contribution in [2.24, 2.45) is 0 Å². The van der Waals surface area contributed by atoms with Crippen molar-refractivity contribution in [1.29, 1.82) is 0 Å². The second-order valence-electron chi connectivity index (χ2n) is 3.61. The number of hydrogen-bond acceptors (Lipinski definition) is 0. The number of alkyl halides is 1. The van der Waals surface area contributed by atoms with Crippen LogP contribution in [0.5, 0.6) is 0 Å². The van der Waals surface area contributed by atoms with Gasteiger partial charge in [0.05, 0.1) is 0 Å². The van der Waals surface area contributed by atoms with Crippen molar-refractivity contribution >= 4 is 28.4 Å². The fourth-order valence-corrected chi connectivity index (χ4v) is 1.70. The number of allylic oxidation sites excluding steroid dienone is 1. The lowest BCUT2D eigenvalue weighted by molar-refractivity contribution is 1.24. The Hall–Kier alpha value is -1.27. The Kier molecular flexibility index (Phi) is 3.08. The van der Waals surface area contributed by atoms with Crippen molar-refractivity contribution in [1.82, 2.24) is 0 Å². The smallest absolute Gasteiger partial charge is 0.0491 e. The summed E-state index contributed by atoms with van der Waals surface area (Å²) >= 11 is 5.89. The average molecular weight is 217 g/mol. The van der Waals surface area contributed by atoms with Gasteiger partial charge in [-0.25, -0.2) is 0 Å². The predicted molar refractivity (Wildman–Crippen MR) is 68.3 cm³/mol. The molecule has 0 nitrogen and oxygen atoms in total. The fourth-order valence-electron chi connectivity index (χ4n) is 1.63. The maximum atomic E-state index is 5.89. The van der Waals surface area contributed by atoms with E-state index < -0.39 is 0 Å². The first-order valence-electron chi connectivity index (χ1n) is 5.07. The van der Waals surface area contributed by atoms with Gasteiger partial charge in [0.15, 0.2) is 0 Å². The monoisotopic (exact) mass is 216 g/mol. The van der Waals surface area contributed by atoms with Crippen LogP contribution in [-0.4, -0.2) is 5.38 Å². The summed E-state index contributed by atoms with van der Waals surface area (Å²) in [6.07, 6.45) is 4.09. The molecule has 0 aliphatic carbocycles. The molecule has 1 unspecified atom stereocenters. The molecule has 0 saturated heterocycles. The van der Waals surface area contributed by atoms with E-state index in [2.05, 4.69) is 48.5 Å². The van der Waals surface area contributed by atoms with E-state index in [0.717, 1.165) is 0 Å². The number of benzene rings is 2. The Balaban J connectivity index is 2.51. The molecule has 0 heterocycles. The molecule has 0 bridgehead atoms.